The fourth-order valence-electron chi connectivity index (χ4n) is 2.79. The van der Waals surface area contributed by atoms with Gasteiger partial charge < -0.3 is 24.6 Å². The highest BCUT2D eigenvalue weighted by Gasteiger charge is 2.38. The first kappa shape index (κ1) is 24.6. The highest BCUT2D eigenvalue weighted by molar-refractivity contribution is 5.83. The number of nitrogens with one attached hydrogen (secondary N) is 1. The molecule has 0 spiro atoms. The normalized spacial score (nSPS) is 15.5. The molecule has 32 heavy (non-hydrogen) atoms. The highest BCUT2D eigenvalue weighted by atomic mass is 19.4. The molecule has 1 unspecified atom stereocenters. The Morgan fingerprint density at radius 1 is 1.28 bits per heavy atom. The number of halogens is 3. The molecule has 3 heterocycles. The van der Waals surface area contributed by atoms with Crippen molar-refractivity contribution in [2.75, 3.05) is 19.7 Å². The van der Waals surface area contributed by atoms with Crippen LogP contribution in [0.2, 0.25) is 0 Å². The number of imidazole rings is 1. The number of amides is 2. The van der Waals surface area contributed by atoms with Crippen LogP contribution < -0.4 is 10.1 Å². The number of carbonyl (C=O) groups is 3. The van der Waals surface area contributed by atoms with E-state index in [2.05, 4.69) is 15.3 Å². The molecule has 3 rings (SSSR count). The minimum Gasteiger partial charge on any atom is -0.492 e. The standard InChI is InChI=1S/C17H21N5O3.C2HF3O2/c1-13(23)20-8-17(24)22-10-14(9-21-6-5-19-16(21)11-22)12-25-15-3-2-4-18-7-15;3-2(4,5)1(6)7/h2-7,14H,8-12H2,1H3,(H,20,23);(H,6,7). The minimum absolute atomic E-state index is 0.00771. The molecule has 1 atom stereocenters. The van der Waals surface area contributed by atoms with E-state index in [9.17, 15) is 22.8 Å². The van der Waals surface area contributed by atoms with Crippen LogP contribution >= 0.6 is 0 Å². The first-order valence-electron chi connectivity index (χ1n) is 9.41. The first-order chi connectivity index (χ1) is 15.1. The highest BCUT2D eigenvalue weighted by Crippen LogP contribution is 2.17. The fourth-order valence-corrected chi connectivity index (χ4v) is 2.79. The molecule has 2 aromatic heterocycles. The zero-order valence-electron chi connectivity index (χ0n) is 17.1. The SMILES string of the molecule is CC(=O)NCC(=O)N1Cc2nccn2CC(COc2cccnc2)C1.O=C(O)C(F)(F)F. The number of carboxylic acid groups (broad SMARTS) is 1. The number of rotatable bonds is 5. The second-order valence-corrected chi connectivity index (χ2v) is 6.85. The lowest BCUT2D eigenvalue weighted by atomic mass is 10.1. The van der Waals surface area contributed by atoms with Crippen LogP contribution in [0.4, 0.5) is 13.2 Å². The lowest BCUT2D eigenvalue weighted by Gasteiger charge is -2.24. The van der Waals surface area contributed by atoms with Crippen molar-refractivity contribution >= 4 is 17.8 Å². The number of fused-ring (bicyclic) bond motifs is 1. The average molecular weight is 457 g/mol. The van der Waals surface area contributed by atoms with E-state index in [4.69, 9.17) is 14.6 Å². The Balaban J connectivity index is 0.000000451. The number of carboxylic acids is 1. The van der Waals surface area contributed by atoms with Crippen LogP contribution in [0.3, 0.4) is 0 Å². The van der Waals surface area contributed by atoms with Crippen LogP contribution in [-0.4, -0.2) is 68.2 Å². The van der Waals surface area contributed by atoms with Crippen molar-refractivity contribution < 1.29 is 37.4 Å². The molecule has 2 amide bonds. The number of nitrogens with zero attached hydrogens (tertiary/aromatic N) is 4. The van der Waals surface area contributed by atoms with E-state index < -0.39 is 12.1 Å². The summed E-state index contributed by atoms with van der Waals surface area (Å²) in [6.07, 6.45) is 1.92. The van der Waals surface area contributed by atoms with Crippen molar-refractivity contribution in [3.8, 4) is 5.75 Å². The van der Waals surface area contributed by atoms with E-state index in [0.29, 0.717) is 25.4 Å². The summed E-state index contributed by atoms with van der Waals surface area (Å²) in [4.78, 5) is 42.5. The third-order valence-electron chi connectivity index (χ3n) is 4.27. The first-order valence-corrected chi connectivity index (χ1v) is 9.41. The summed E-state index contributed by atoms with van der Waals surface area (Å²) in [6.45, 7) is 3.54. The molecule has 0 aromatic carbocycles. The number of aliphatic carboxylic acids is 1. The summed E-state index contributed by atoms with van der Waals surface area (Å²) < 4.78 is 39.6. The lowest BCUT2D eigenvalue weighted by Crippen LogP contribution is -2.41. The van der Waals surface area contributed by atoms with Crippen molar-refractivity contribution in [1.82, 2.24) is 24.8 Å². The van der Waals surface area contributed by atoms with Gasteiger partial charge in [0.1, 0.15) is 11.6 Å². The summed E-state index contributed by atoms with van der Waals surface area (Å²) in [7, 11) is 0. The maximum absolute atomic E-state index is 12.4. The van der Waals surface area contributed by atoms with Gasteiger partial charge in [0.2, 0.25) is 11.8 Å². The number of pyridine rings is 1. The molecule has 1 aliphatic rings. The number of hydrogen-bond acceptors (Lipinski definition) is 6. The van der Waals surface area contributed by atoms with Gasteiger partial charge in [-0.1, -0.05) is 0 Å². The van der Waals surface area contributed by atoms with Gasteiger partial charge in [-0.15, -0.1) is 0 Å². The van der Waals surface area contributed by atoms with Crippen LogP contribution in [0.1, 0.15) is 12.7 Å². The number of hydrogen-bond donors (Lipinski definition) is 2. The van der Waals surface area contributed by atoms with Crippen molar-refractivity contribution in [3.63, 3.8) is 0 Å². The molecule has 2 N–H and O–H groups in total. The number of aromatic nitrogens is 3. The summed E-state index contributed by atoms with van der Waals surface area (Å²) >= 11 is 0. The molecular formula is C19H22F3N5O5. The van der Waals surface area contributed by atoms with Crippen LogP contribution in [0.5, 0.6) is 5.75 Å². The summed E-state index contributed by atoms with van der Waals surface area (Å²) in [6, 6.07) is 3.67. The van der Waals surface area contributed by atoms with E-state index in [1.165, 1.54) is 6.92 Å². The molecule has 0 saturated heterocycles. The van der Waals surface area contributed by atoms with Crippen LogP contribution in [0, 0.1) is 5.92 Å². The van der Waals surface area contributed by atoms with Gasteiger partial charge in [0, 0.05) is 44.5 Å². The predicted octanol–water partition coefficient (Wildman–Crippen LogP) is 1.08. The number of ether oxygens (including phenoxy) is 1. The van der Waals surface area contributed by atoms with E-state index in [0.717, 1.165) is 12.4 Å². The van der Waals surface area contributed by atoms with Gasteiger partial charge in [-0.05, 0) is 12.1 Å². The largest absolute Gasteiger partial charge is 0.492 e. The second-order valence-electron chi connectivity index (χ2n) is 6.85. The molecule has 0 radical (unpaired) electrons. The van der Waals surface area contributed by atoms with Gasteiger partial charge in [0.05, 0.1) is 25.9 Å². The quantitative estimate of drug-likeness (QED) is 0.688. The number of alkyl halides is 3. The van der Waals surface area contributed by atoms with Crippen LogP contribution in [0.25, 0.3) is 0 Å². The summed E-state index contributed by atoms with van der Waals surface area (Å²) in [5, 5.41) is 9.68. The van der Waals surface area contributed by atoms with Gasteiger partial charge >= 0.3 is 12.1 Å². The molecule has 1 aliphatic heterocycles. The van der Waals surface area contributed by atoms with E-state index in [-0.39, 0.29) is 24.3 Å². The molecular weight excluding hydrogens is 435 g/mol. The fraction of sp³-hybridized carbons (Fsp3) is 0.421. The van der Waals surface area contributed by atoms with Crippen LogP contribution in [0.15, 0.2) is 36.9 Å². The summed E-state index contributed by atoms with van der Waals surface area (Å²) in [5.74, 6) is -1.46. The smallest absolute Gasteiger partial charge is 0.490 e. The summed E-state index contributed by atoms with van der Waals surface area (Å²) in [5.41, 5.74) is 0. The van der Waals surface area contributed by atoms with E-state index >= 15 is 0 Å². The lowest BCUT2D eigenvalue weighted by molar-refractivity contribution is -0.192. The third-order valence-corrected chi connectivity index (χ3v) is 4.27. The van der Waals surface area contributed by atoms with Crippen molar-refractivity contribution in [2.45, 2.75) is 26.2 Å². The molecule has 10 nitrogen and oxygen atoms in total. The molecule has 0 bridgehead atoms. The van der Waals surface area contributed by atoms with Crippen molar-refractivity contribution in [1.29, 1.82) is 0 Å². The van der Waals surface area contributed by atoms with Gasteiger partial charge in [-0.3, -0.25) is 14.6 Å². The molecule has 174 valence electrons. The van der Waals surface area contributed by atoms with E-state index in [1.807, 2.05) is 22.9 Å². The Morgan fingerprint density at radius 2 is 2.00 bits per heavy atom. The average Bonchev–Trinajstić information content (AvgIpc) is 3.08. The predicted molar refractivity (Wildman–Crippen MR) is 103 cm³/mol. The van der Waals surface area contributed by atoms with Crippen molar-refractivity contribution in [2.24, 2.45) is 5.92 Å². The maximum Gasteiger partial charge on any atom is 0.490 e. The number of carbonyl (C=O) groups excluding carboxylic acids is 2. The molecule has 2 aromatic rings. The van der Waals surface area contributed by atoms with Crippen molar-refractivity contribution in [3.05, 3.63) is 42.7 Å². The Morgan fingerprint density at radius 3 is 2.59 bits per heavy atom. The molecule has 0 aliphatic carbocycles. The van der Waals surface area contributed by atoms with Gasteiger partial charge in [-0.2, -0.15) is 13.2 Å². The van der Waals surface area contributed by atoms with Gasteiger partial charge in [0.25, 0.3) is 0 Å². The molecule has 0 fully saturated rings. The Labute approximate surface area is 181 Å². The molecule has 13 heteroatoms. The van der Waals surface area contributed by atoms with Crippen LogP contribution in [-0.2, 0) is 27.5 Å². The van der Waals surface area contributed by atoms with Gasteiger partial charge in [0.15, 0.2) is 0 Å². The minimum atomic E-state index is -5.08. The second kappa shape index (κ2) is 11.1. The Kier molecular flexibility index (Phi) is 8.55. The monoisotopic (exact) mass is 457 g/mol. The van der Waals surface area contributed by atoms with E-state index in [1.54, 1.807) is 23.5 Å². The Bertz CT molecular complexity index is 920. The Hall–Kier alpha value is -3.64. The third kappa shape index (κ3) is 7.89. The topological polar surface area (TPSA) is 127 Å². The molecule has 0 saturated carbocycles. The zero-order valence-corrected chi connectivity index (χ0v) is 17.1. The van der Waals surface area contributed by atoms with Gasteiger partial charge in [-0.25, -0.2) is 9.78 Å². The maximum atomic E-state index is 12.4. The zero-order chi connectivity index (χ0) is 23.7.